The molecule has 2 amide bonds. The van der Waals surface area contributed by atoms with Gasteiger partial charge in [-0.3, -0.25) is 9.59 Å². The van der Waals surface area contributed by atoms with Gasteiger partial charge in [-0.05, 0) is 38.5 Å². The van der Waals surface area contributed by atoms with Crippen molar-refractivity contribution in [2.75, 3.05) is 6.54 Å². The van der Waals surface area contributed by atoms with Gasteiger partial charge < -0.3 is 16.0 Å². The summed E-state index contributed by atoms with van der Waals surface area (Å²) in [5, 5.41) is 2.93. The lowest BCUT2D eigenvalue weighted by Crippen LogP contribution is -2.44. The van der Waals surface area contributed by atoms with Crippen molar-refractivity contribution >= 4 is 11.8 Å². The fourth-order valence-corrected chi connectivity index (χ4v) is 2.51. The summed E-state index contributed by atoms with van der Waals surface area (Å²) in [6.07, 6.45) is 0.365. The first-order chi connectivity index (χ1) is 9.81. The first-order valence-electron chi connectivity index (χ1n) is 7.21. The number of hydrogen-bond acceptors (Lipinski definition) is 3. The van der Waals surface area contributed by atoms with Crippen molar-refractivity contribution in [3.63, 3.8) is 0 Å². The Morgan fingerprint density at radius 1 is 1.33 bits per heavy atom. The third-order valence-corrected chi connectivity index (χ3v) is 3.72. The predicted octanol–water partition coefficient (Wildman–Crippen LogP) is 1.27. The topological polar surface area (TPSA) is 75.4 Å². The van der Waals surface area contributed by atoms with E-state index >= 15 is 0 Å². The second kappa shape index (κ2) is 5.85. The van der Waals surface area contributed by atoms with Gasteiger partial charge in [0.1, 0.15) is 0 Å². The Morgan fingerprint density at radius 2 is 1.95 bits per heavy atom. The van der Waals surface area contributed by atoms with Crippen molar-refractivity contribution in [2.24, 2.45) is 5.73 Å². The summed E-state index contributed by atoms with van der Waals surface area (Å²) in [6.45, 7) is 7.02. The number of carbonyl (C=O) groups excluding carboxylic acids is 2. The second-order valence-corrected chi connectivity index (χ2v) is 6.45. The Morgan fingerprint density at radius 3 is 2.43 bits per heavy atom. The van der Waals surface area contributed by atoms with Gasteiger partial charge in [-0.15, -0.1) is 0 Å². The zero-order valence-corrected chi connectivity index (χ0v) is 12.8. The van der Waals surface area contributed by atoms with E-state index in [1.807, 2.05) is 37.8 Å². The van der Waals surface area contributed by atoms with Crippen LogP contribution in [0.4, 0.5) is 0 Å². The van der Waals surface area contributed by atoms with Gasteiger partial charge in [0, 0.05) is 30.6 Å². The van der Waals surface area contributed by atoms with E-state index in [0.717, 1.165) is 5.56 Å². The van der Waals surface area contributed by atoms with Crippen LogP contribution in [0.25, 0.3) is 0 Å². The molecule has 5 nitrogen and oxygen atoms in total. The summed E-state index contributed by atoms with van der Waals surface area (Å²) in [7, 11) is 0. The third kappa shape index (κ3) is 3.61. The molecule has 1 aromatic carbocycles. The van der Waals surface area contributed by atoms with Gasteiger partial charge in [0.15, 0.2) is 0 Å². The molecule has 21 heavy (non-hydrogen) atoms. The molecule has 0 saturated carbocycles. The summed E-state index contributed by atoms with van der Waals surface area (Å²) in [5.41, 5.74) is 6.91. The standard InChI is InChI=1S/C16H23N3O2/c1-16(2,3)19-10-13(8-14(19)20)18-15(21)12-6-4-11(9-17)5-7-12/h4-7,13H,8-10,17H2,1-3H3,(H,18,21). The van der Waals surface area contributed by atoms with Crippen LogP contribution in [0.5, 0.6) is 0 Å². The molecule has 3 N–H and O–H groups in total. The molecule has 0 radical (unpaired) electrons. The molecule has 1 heterocycles. The zero-order chi connectivity index (χ0) is 15.6. The number of nitrogens with one attached hydrogen (secondary N) is 1. The largest absolute Gasteiger partial charge is 0.347 e. The molecule has 1 fully saturated rings. The molecule has 2 rings (SSSR count). The minimum atomic E-state index is -0.209. The van der Waals surface area contributed by atoms with Gasteiger partial charge in [0.05, 0.1) is 6.04 Å². The van der Waals surface area contributed by atoms with Crippen LogP contribution in [-0.4, -0.2) is 34.8 Å². The number of likely N-dealkylation sites (tertiary alicyclic amines) is 1. The molecular formula is C16H23N3O2. The fraction of sp³-hybridized carbons (Fsp3) is 0.500. The van der Waals surface area contributed by atoms with Crippen LogP contribution >= 0.6 is 0 Å². The molecule has 1 aromatic rings. The van der Waals surface area contributed by atoms with Crippen LogP contribution in [0, 0.1) is 0 Å². The van der Waals surface area contributed by atoms with E-state index in [4.69, 9.17) is 5.73 Å². The molecule has 0 bridgehead atoms. The Balaban J connectivity index is 1.99. The number of nitrogens with two attached hydrogens (primary N) is 1. The minimum absolute atomic E-state index is 0.0891. The zero-order valence-electron chi connectivity index (χ0n) is 12.8. The quantitative estimate of drug-likeness (QED) is 0.880. The highest BCUT2D eigenvalue weighted by molar-refractivity contribution is 5.95. The van der Waals surface area contributed by atoms with Crippen molar-refractivity contribution in [1.29, 1.82) is 0 Å². The van der Waals surface area contributed by atoms with Crippen molar-refractivity contribution < 1.29 is 9.59 Å². The highest BCUT2D eigenvalue weighted by atomic mass is 16.2. The monoisotopic (exact) mass is 289 g/mol. The molecule has 1 saturated heterocycles. The van der Waals surface area contributed by atoms with E-state index in [9.17, 15) is 9.59 Å². The predicted molar refractivity (Wildman–Crippen MR) is 81.7 cm³/mol. The Labute approximate surface area is 125 Å². The van der Waals surface area contributed by atoms with E-state index in [0.29, 0.717) is 25.1 Å². The van der Waals surface area contributed by atoms with Crippen molar-refractivity contribution in [3.05, 3.63) is 35.4 Å². The number of amides is 2. The normalized spacial score (nSPS) is 19.0. The summed E-state index contributed by atoms with van der Waals surface area (Å²) in [4.78, 5) is 26.0. The van der Waals surface area contributed by atoms with Crippen LogP contribution < -0.4 is 11.1 Å². The maximum atomic E-state index is 12.2. The maximum absolute atomic E-state index is 12.2. The minimum Gasteiger partial charge on any atom is -0.347 e. The first kappa shape index (κ1) is 15.5. The van der Waals surface area contributed by atoms with Crippen LogP contribution in [0.1, 0.15) is 43.1 Å². The molecule has 0 aliphatic carbocycles. The van der Waals surface area contributed by atoms with Gasteiger partial charge in [-0.2, -0.15) is 0 Å². The average Bonchev–Trinajstić information content (AvgIpc) is 2.79. The van der Waals surface area contributed by atoms with Gasteiger partial charge in [-0.25, -0.2) is 0 Å². The fourth-order valence-electron chi connectivity index (χ4n) is 2.51. The van der Waals surface area contributed by atoms with Gasteiger partial charge >= 0.3 is 0 Å². The molecule has 1 aliphatic rings. The number of hydrogen-bond donors (Lipinski definition) is 2. The lowest BCUT2D eigenvalue weighted by atomic mass is 10.1. The summed E-state index contributed by atoms with van der Waals surface area (Å²) in [6, 6.07) is 7.08. The van der Waals surface area contributed by atoms with Crippen LogP contribution in [0.3, 0.4) is 0 Å². The van der Waals surface area contributed by atoms with Crippen LogP contribution in [-0.2, 0) is 11.3 Å². The van der Waals surface area contributed by atoms with Crippen LogP contribution in [0.15, 0.2) is 24.3 Å². The van der Waals surface area contributed by atoms with Gasteiger partial charge in [0.25, 0.3) is 5.91 Å². The maximum Gasteiger partial charge on any atom is 0.251 e. The average molecular weight is 289 g/mol. The molecule has 1 aliphatic heterocycles. The molecule has 0 aromatic heterocycles. The van der Waals surface area contributed by atoms with Gasteiger partial charge in [0.2, 0.25) is 5.91 Å². The third-order valence-electron chi connectivity index (χ3n) is 3.72. The van der Waals surface area contributed by atoms with E-state index in [-0.39, 0.29) is 23.4 Å². The Kier molecular flexibility index (Phi) is 4.32. The van der Waals surface area contributed by atoms with Crippen molar-refractivity contribution in [1.82, 2.24) is 10.2 Å². The summed E-state index contributed by atoms with van der Waals surface area (Å²) < 4.78 is 0. The molecular weight excluding hydrogens is 266 g/mol. The van der Waals surface area contributed by atoms with E-state index < -0.39 is 0 Å². The first-order valence-corrected chi connectivity index (χ1v) is 7.21. The van der Waals surface area contributed by atoms with Crippen molar-refractivity contribution in [3.8, 4) is 0 Å². The summed E-state index contributed by atoms with van der Waals surface area (Å²) >= 11 is 0. The highest BCUT2D eigenvalue weighted by Crippen LogP contribution is 2.22. The second-order valence-electron chi connectivity index (χ2n) is 6.45. The number of rotatable bonds is 3. The Bertz CT molecular complexity index is 531. The van der Waals surface area contributed by atoms with E-state index in [1.54, 1.807) is 12.1 Å². The van der Waals surface area contributed by atoms with Gasteiger partial charge in [-0.1, -0.05) is 12.1 Å². The molecule has 5 heteroatoms. The lowest BCUT2D eigenvalue weighted by Gasteiger charge is -2.32. The van der Waals surface area contributed by atoms with Crippen LogP contribution in [0.2, 0.25) is 0 Å². The molecule has 1 unspecified atom stereocenters. The van der Waals surface area contributed by atoms with E-state index in [1.165, 1.54) is 0 Å². The molecule has 1 atom stereocenters. The molecule has 114 valence electrons. The van der Waals surface area contributed by atoms with Crippen molar-refractivity contribution in [2.45, 2.75) is 45.3 Å². The summed E-state index contributed by atoms with van der Waals surface area (Å²) in [5.74, 6) is -0.0570. The SMILES string of the molecule is CC(C)(C)N1CC(NC(=O)c2ccc(CN)cc2)CC1=O. The smallest absolute Gasteiger partial charge is 0.251 e. The Hall–Kier alpha value is -1.88. The number of nitrogens with zero attached hydrogens (tertiary/aromatic N) is 1. The van der Waals surface area contributed by atoms with E-state index in [2.05, 4.69) is 5.32 Å². The highest BCUT2D eigenvalue weighted by Gasteiger charge is 2.36. The lowest BCUT2D eigenvalue weighted by molar-refractivity contribution is -0.131. The number of benzene rings is 1. The molecule has 0 spiro atoms. The number of carbonyl (C=O) groups is 2.